The van der Waals surface area contributed by atoms with Gasteiger partial charge in [-0.3, -0.25) is 4.79 Å². The molecule has 0 aliphatic heterocycles. The molecule has 0 radical (unpaired) electrons. The number of aryl methyl sites for hydroxylation is 1. The van der Waals surface area contributed by atoms with Gasteiger partial charge in [-0.2, -0.15) is 0 Å². The van der Waals surface area contributed by atoms with E-state index in [0.717, 1.165) is 5.56 Å². The number of oxazole rings is 1. The summed E-state index contributed by atoms with van der Waals surface area (Å²) < 4.78 is 31.4. The highest BCUT2D eigenvalue weighted by molar-refractivity contribution is 7.90. The summed E-state index contributed by atoms with van der Waals surface area (Å²) in [5.41, 5.74) is 1.68. The average molecular weight is 320 g/mol. The fourth-order valence-corrected chi connectivity index (χ4v) is 2.71. The Kier molecular flexibility index (Phi) is 4.46. The van der Waals surface area contributed by atoms with Crippen LogP contribution in [0.4, 0.5) is 0 Å². The summed E-state index contributed by atoms with van der Waals surface area (Å²) in [6, 6.07) is 6.05. The van der Waals surface area contributed by atoms with E-state index in [2.05, 4.69) is 4.98 Å². The lowest BCUT2D eigenvalue weighted by atomic mass is 10.2. The molecule has 1 aromatic heterocycles. The number of hydrogen-bond acceptors (Lipinski definition) is 5. The predicted octanol–water partition coefficient (Wildman–Crippen LogP) is 2.42. The Balaban J connectivity index is 2.24. The third-order valence-corrected chi connectivity index (χ3v) is 4.44. The van der Waals surface area contributed by atoms with Crippen molar-refractivity contribution < 1.29 is 17.6 Å². The van der Waals surface area contributed by atoms with Gasteiger partial charge in [-0.05, 0) is 26.0 Å². The Hall–Kier alpha value is -2.41. The number of benzene rings is 1. The molecule has 0 unspecified atom stereocenters. The molecule has 0 atom stereocenters. The van der Waals surface area contributed by atoms with Crippen molar-refractivity contribution in [2.45, 2.75) is 25.7 Å². The molecule has 0 saturated heterocycles. The van der Waals surface area contributed by atoms with E-state index in [1.165, 1.54) is 18.4 Å². The molecule has 2 aromatic rings. The number of sulfonamides is 1. The molecule has 1 aromatic carbocycles. The number of hydrogen-bond donors (Lipinski definition) is 1. The van der Waals surface area contributed by atoms with E-state index in [4.69, 9.17) is 4.42 Å². The lowest BCUT2D eigenvalue weighted by Gasteiger charge is -2.07. The van der Waals surface area contributed by atoms with Gasteiger partial charge in [0.2, 0.25) is 0 Å². The first-order valence-electron chi connectivity index (χ1n) is 6.56. The SMILES string of the molecule is CC=C(C)C(=O)NS(=O)(=O)c1ccc(-c2coc(C)n2)cc1. The minimum Gasteiger partial charge on any atom is -0.449 e. The topological polar surface area (TPSA) is 89.3 Å². The highest BCUT2D eigenvalue weighted by Crippen LogP contribution is 2.20. The largest absolute Gasteiger partial charge is 0.449 e. The van der Waals surface area contributed by atoms with Crippen LogP contribution in [0.2, 0.25) is 0 Å². The van der Waals surface area contributed by atoms with Gasteiger partial charge in [0.1, 0.15) is 12.0 Å². The molecule has 0 aliphatic carbocycles. The first-order chi connectivity index (χ1) is 10.3. The molecule has 2 rings (SSSR count). The number of nitrogens with zero attached hydrogens (tertiary/aromatic N) is 1. The number of aromatic nitrogens is 1. The smallest absolute Gasteiger partial charge is 0.264 e. The monoisotopic (exact) mass is 320 g/mol. The van der Waals surface area contributed by atoms with E-state index >= 15 is 0 Å². The van der Waals surface area contributed by atoms with Crippen LogP contribution >= 0.6 is 0 Å². The Morgan fingerprint density at radius 3 is 2.41 bits per heavy atom. The van der Waals surface area contributed by atoms with Crippen LogP contribution in [0, 0.1) is 6.92 Å². The van der Waals surface area contributed by atoms with Crippen LogP contribution in [0.1, 0.15) is 19.7 Å². The van der Waals surface area contributed by atoms with Gasteiger partial charge in [0.25, 0.3) is 15.9 Å². The molecule has 116 valence electrons. The van der Waals surface area contributed by atoms with Gasteiger partial charge in [0, 0.05) is 18.1 Å². The summed E-state index contributed by atoms with van der Waals surface area (Å²) in [5, 5.41) is 0. The molecule has 1 amide bonds. The Morgan fingerprint density at radius 1 is 1.27 bits per heavy atom. The van der Waals surface area contributed by atoms with Crippen molar-refractivity contribution in [3.05, 3.63) is 48.1 Å². The maximum Gasteiger partial charge on any atom is 0.264 e. The standard InChI is InChI=1S/C15H16N2O4S/c1-4-10(2)15(18)17-22(19,20)13-7-5-12(6-8-13)14-9-21-11(3)16-14/h4-9H,1-3H3,(H,17,18). The van der Waals surface area contributed by atoms with E-state index in [0.29, 0.717) is 17.2 Å². The molecule has 0 aliphatic rings. The molecule has 0 saturated carbocycles. The molecule has 22 heavy (non-hydrogen) atoms. The van der Waals surface area contributed by atoms with Gasteiger partial charge in [-0.1, -0.05) is 18.2 Å². The lowest BCUT2D eigenvalue weighted by Crippen LogP contribution is -2.31. The highest BCUT2D eigenvalue weighted by atomic mass is 32.2. The van der Waals surface area contributed by atoms with Crippen LogP contribution in [0.25, 0.3) is 11.3 Å². The fraction of sp³-hybridized carbons (Fsp3) is 0.200. The maximum absolute atomic E-state index is 12.1. The van der Waals surface area contributed by atoms with Crippen LogP contribution in [0.5, 0.6) is 0 Å². The second-order valence-corrected chi connectivity index (χ2v) is 6.36. The van der Waals surface area contributed by atoms with Crippen LogP contribution in [0.15, 0.2) is 51.5 Å². The first kappa shape index (κ1) is 16.0. The molecular formula is C15H16N2O4S. The van der Waals surface area contributed by atoms with Crippen LogP contribution in [-0.4, -0.2) is 19.3 Å². The van der Waals surface area contributed by atoms with E-state index in [1.54, 1.807) is 39.0 Å². The Morgan fingerprint density at radius 2 is 1.91 bits per heavy atom. The minimum atomic E-state index is -3.89. The zero-order valence-electron chi connectivity index (χ0n) is 12.5. The van der Waals surface area contributed by atoms with Crippen molar-refractivity contribution in [2.75, 3.05) is 0 Å². The summed E-state index contributed by atoms with van der Waals surface area (Å²) in [5.74, 6) is -0.112. The maximum atomic E-state index is 12.1. The minimum absolute atomic E-state index is 0.00807. The zero-order valence-corrected chi connectivity index (χ0v) is 13.3. The van der Waals surface area contributed by atoms with Gasteiger partial charge >= 0.3 is 0 Å². The second-order valence-electron chi connectivity index (χ2n) is 4.68. The van der Waals surface area contributed by atoms with Gasteiger partial charge in [-0.25, -0.2) is 18.1 Å². The number of carbonyl (C=O) groups is 1. The van der Waals surface area contributed by atoms with Crippen molar-refractivity contribution in [2.24, 2.45) is 0 Å². The van der Waals surface area contributed by atoms with E-state index in [-0.39, 0.29) is 4.90 Å². The van der Waals surface area contributed by atoms with Crippen LogP contribution in [0.3, 0.4) is 0 Å². The highest BCUT2D eigenvalue weighted by Gasteiger charge is 2.18. The Labute approximate surface area is 128 Å². The molecular weight excluding hydrogens is 304 g/mol. The first-order valence-corrected chi connectivity index (χ1v) is 8.04. The molecule has 1 N–H and O–H groups in total. The van der Waals surface area contributed by atoms with Gasteiger partial charge in [-0.15, -0.1) is 0 Å². The summed E-state index contributed by atoms with van der Waals surface area (Å²) in [6.07, 6.45) is 3.04. The number of amides is 1. The third kappa shape index (κ3) is 3.43. The number of nitrogens with one attached hydrogen (secondary N) is 1. The summed E-state index contributed by atoms with van der Waals surface area (Å²) in [7, 11) is -3.89. The number of rotatable bonds is 4. The normalized spacial score (nSPS) is 12.2. The van der Waals surface area contributed by atoms with Crippen molar-refractivity contribution >= 4 is 15.9 Å². The summed E-state index contributed by atoms with van der Waals surface area (Å²) in [6.45, 7) is 4.93. The summed E-state index contributed by atoms with van der Waals surface area (Å²) >= 11 is 0. The molecule has 0 spiro atoms. The van der Waals surface area contributed by atoms with Crippen molar-refractivity contribution in [1.29, 1.82) is 0 Å². The Bertz CT molecular complexity index is 817. The van der Waals surface area contributed by atoms with E-state index in [1.807, 2.05) is 4.72 Å². The van der Waals surface area contributed by atoms with Gasteiger partial charge < -0.3 is 4.42 Å². The zero-order chi connectivity index (χ0) is 16.3. The number of carbonyl (C=O) groups excluding carboxylic acids is 1. The number of allylic oxidation sites excluding steroid dienone is 1. The van der Waals surface area contributed by atoms with Crippen molar-refractivity contribution in [3.8, 4) is 11.3 Å². The van der Waals surface area contributed by atoms with Gasteiger partial charge in [0.05, 0.1) is 4.90 Å². The average Bonchev–Trinajstić information content (AvgIpc) is 2.92. The second kappa shape index (κ2) is 6.15. The van der Waals surface area contributed by atoms with Crippen LogP contribution < -0.4 is 4.72 Å². The summed E-state index contributed by atoms with van der Waals surface area (Å²) in [4.78, 5) is 15.8. The van der Waals surface area contributed by atoms with E-state index < -0.39 is 15.9 Å². The predicted molar refractivity (Wildman–Crippen MR) is 81.4 cm³/mol. The van der Waals surface area contributed by atoms with Crippen molar-refractivity contribution in [3.63, 3.8) is 0 Å². The van der Waals surface area contributed by atoms with E-state index in [9.17, 15) is 13.2 Å². The third-order valence-electron chi connectivity index (χ3n) is 3.10. The van der Waals surface area contributed by atoms with Crippen LogP contribution in [-0.2, 0) is 14.8 Å². The molecule has 6 nitrogen and oxygen atoms in total. The molecule has 7 heteroatoms. The molecule has 0 fully saturated rings. The lowest BCUT2D eigenvalue weighted by molar-refractivity contribution is -0.115. The quantitative estimate of drug-likeness (QED) is 0.874. The van der Waals surface area contributed by atoms with Gasteiger partial charge in [0.15, 0.2) is 5.89 Å². The molecule has 1 heterocycles. The fourth-order valence-electron chi connectivity index (χ4n) is 1.69. The molecule has 0 bridgehead atoms. The van der Waals surface area contributed by atoms with Crippen molar-refractivity contribution in [1.82, 2.24) is 9.71 Å².